The van der Waals surface area contributed by atoms with Gasteiger partial charge in [0, 0.05) is 22.7 Å². The highest BCUT2D eigenvalue weighted by Crippen LogP contribution is 2.20. The van der Waals surface area contributed by atoms with Crippen LogP contribution in [0.25, 0.3) is 10.9 Å². The fourth-order valence-corrected chi connectivity index (χ4v) is 2.45. The van der Waals surface area contributed by atoms with Crippen LogP contribution in [0, 0.1) is 17.0 Å². The fraction of sp³-hybridized carbons (Fsp3) is 0.125. The summed E-state index contributed by atoms with van der Waals surface area (Å²) < 4.78 is 0. The zero-order valence-corrected chi connectivity index (χ0v) is 12.4. The van der Waals surface area contributed by atoms with Crippen LogP contribution in [0.3, 0.4) is 0 Å². The number of nitrogens with one attached hydrogen (secondary N) is 2. The van der Waals surface area contributed by atoms with Crippen LogP contribution < -0.4 is 5.32 Å². The third-order valence-electron chi connectivity index (χ3n) is 3.57. The number of H-pyrrole nitrogens is 1. The normalized spacial score (nSPS) is 10.7. The van der Waals surface area contributed by atoms with E-state index in [2.05, 4.69) is 15.3 Å². The number of aryl methyl sites for hydroxylation is 1. The third kappa shape index (κ3) is 3.03. The smallest absolute Gasteiger partial charge is 0.290 e. The van der Waals surface area contributed by atoms with E-state index < -0.39 is 4.92 Å². The van der Waals surface area contributed by atoms with Crippen molar-refractivity contribution < 1.29 is 9.72 Å². The molecule has 0 fully saturated rings. The summed E-state index contributed by atoms with van der Waals surface area (Å²) in [6, 6.07) is 9.22. The molecular formula is C16H14N4O3. The van der Waals surface area contributed by atoms with Crippen LogP contribution in [0.15, 0.2) is 42.7 Å². The molecule has 0 aliphatic heterocycles. The molecule has 0 radical (unpaired) electrons. The Hall–Kier alpha value is -3.22. The van der Waals surface area contributed by atoms with Crippen LogP contribution >= 0.6 is 0 Å². The van der Waals surface area contributed by atoms with E-state index in [9.17, 15) is 14.9 Å². The number of benzene rings is 1. The Bertz CT molecular complexity index is 901. The van der Waals surface area contributed by atoms with Gasteiger partial charge >= 0.3 is 0 Å². The maximum atomic E-state index is 12.2. The van der Waals surface area contributed by atoms with Crippen molar-refractivity contribution in [1.82, 2.24) is 9.97 Å². The van der Waals surface area contributed by atoms with Gasteiger partial charge in [0.15, 0.2) is 0 Å². The largest absolute Gasteiger partial charge is 0.361 e. The molecule has 1 amide bonds. The van der Waals surface area contributed by atoms with Gasteiger partial charge < -0.3 is 10.3 Å². The number of aromatic nitrogens is 2. The van der Waals surface area contributed by atoms with E-state index in [1.54, 1.807) is 13.1 Å². The summed E-state index contributed by atoms with van der Waals surface area (Å²) in [4.78, 5) is 29.4. The second-order valence-corrected chi connectivity index (χ2v) is 5.20. The molecule has 3 rings (SSSR count). The number of carbonyl (C=O) groups excluding carboxylic acids is 1. The van der Waals surface area contributed by atoms with Gasteiger partial charge in [-0.2, -0.15) is 0 Å². The number of rotatable bonds is 4. The highest BCUT2D eigenvalue weighted by atomic mass is 16.6. The lowest BCUT2D eigenvalue weighted by Gasteiger charge is -2.05. The van der Waals surface area contributed by atoms with Gasteiger partial charge in [0.2, 0.25) is 5.91 Å². The van der Waals surface area contributed by atoms with E-state index in [4.69, 9.17) is 0 Å². The molecule has 2 aromatic heterocycles. The first-order valence-electron chi connectivity index (χ1n) is 7.00. The van der Waals surface area contributed by atoms with Crippen molar-refractivity contribution in [3.05, 3.63) is 64.0 Å². The standard InChI is InChI=1S/C16H14N4O3/c1-10-6-15(18-9-14(10)20(22)23)19-16(21)7-11-8-17-13-5-3-2-4-12(11)13/h2-6,8-9,17H,7H2,1H3,(H,18,19,21). The molecule has 0 saturated heterocycles. The van der Waals surface area contributed by atoms with Crippen molar-refractivity contribution in [3.63, 3.8) is 0 Å². The van der Waals surface area contributed by atoms with Crippen molar-refractivity contribution in [2.24, 2.45) is 0 Å². The van der Waals surface area contributed by atoms with E-state index >= 15 is 0 Å². The Kier molecular flexibility index (Phi) is 3.76. The molecule has 0 spiro atoms. The predicted molar refractivity (Wildman–Crippen MR) is 86.3 cm³/mol. The quantitative estimate of drug-likeness (QED) is 0.571. The Morgan fingerprint density at radius 3 is 2.91 bits per heavy atom. The summed E-state index contributed by atoms with van der Waals surface area (Å²) in [5, 5.41) is 14.4. The zero-order valence-electron chi connectivity index (χ0n) is 12.4. The topological polar surface area (TPSA) is 101 Å². The fourth-order valence-electron chi connectivity index (χ4n) is 2.45. The Labute approximate surface area is 131 Å². The lowest BCUT2D eigenvalue weighted by Crippen LogP contribution is -2.15. The number of hydrogen-bond acceptors (Lipinski definition) is 4. The lowest BCUT2D eigenvalue weighted by molar-refractivity contribution is -0.385. The summed E-state index contributed by atoms with van der Waals surface area (Å²) in [6.07, 6.45) is 3.15. The Balaban J connectivity index is 1.75. The number of fused-ring (bicyclic) bond motifs is 1. The summed E-state index contributed by atoms with van der Waals surface area (Å²) in [7, 11) is 0. The average molecular weight is 310 g/mol. The highest BCUT2D eigenvalue weighted by Gasteiger charge is 2.13. The molecular weight excluding hydrogens is 296 g/mol. The number of pyridine rings is 1. The van der Waals surface area contributed by atoms with Gasteiger partial charge in [0.05, 0.1) is 11.3 Å². The lowest BCUT2D eigenvalue weighted by atomic mass is 10.1. The van der Waals surface area contributed by atoms with E-state index in [1.807, 2.05) is 24.3 Å². The van der Waals surface area contributed by atoms with Crippen LogP contribution in [-0.4, -0.2) is 20.8 Å². The second-order valence-electron chi connectivity index (χ2n) is 5.20. The predicted octanol–water partition coefficient (Wildman–Crippen LogP) is 2.96. The van der Waals surface area contributed by atoms with Crippen molar-refractivity contribution in [1.29, 1.82) is 0 Å². The second kappa shape index (κ2) is 5.88. The molecule has 7 heteroatoms. The number of carbonyl (C=O) groups is 1. The van der Waals surface area contributed by atoms with Gasteiger partial charge in [-0.25, -0.2) is 4.98 Å². The summed E-state index contributed by atoms with van der Waals surface area (Å²) in [6.45, 7) is 1.61. The maximum absolute atomic E-state index is 12.2. The first-order chi connectivity index (χ1) is 11.0. The minimum atomic E-state index is -0.500. The molecule has 0 unspecified atom stereocenters. The molecule has 0 aliphatic rings. The molecule has 1 aromatic carbocycles. The SMILES string of the molecule is Cc1cc(NC(=O)Cc2c[nH]c3ccccc23)ncc1[N+](=O)[O-]. The molecule has 7 nitrogen and oxygen atoms in total. The number of aromatic amines is 1. The van der Waals surface area contributed by atoms with Gasteiger partial charge in [-0.3, -0.25) is 14.9 Å². The number of anilines is 1. The maximum Gasteiger partial charge on any atom is 0.290 e. The molecule has 0 aliphatic carbocycles. The van der Waals surface area contributed by atoms with Crippen LogP contribution in [0.5, 0.6) is 0 Å². The average Bonchev–Trinajstić information content (AvgIpc) is 2.90. The summed E-state index contributed by atoms with van der Waals surface area (Å²) >= 11 is 0. The van der Waals surface area contributed by atoms with Crippen molar-refractivity contribution in [3.8, 4) is 0 Å². The number of nitro groups is 1. The molecule has 116 valence electrons. The first kappa shape index (κ1) is 14.7. The first-order valence-corrected chi connectivity index (χ1v) is 7.00. The van der Waals surface area contributed by atoms with E-state index in [0.29, 0.717) is 11.4 Å². The van der Waals surface area contributed by atoms with Gasteiger partial charge in [0.25, 0.3) is 5.69 Å². The molecule has 3 aromatic rings. The van der Waals surface area contributed by atoms with E-state index in [1.165, 1.54) is 6.07 Å². The third-order valence-corrected chi connectivity index (χ3v) is 3.57. The molecule has 2 N–H and O–H groups in total. The van der Waals surface area contributed by atoms with Gasteiger partial charge in [-0.1, -0.05) is 18.2 Å². The number of nitrogens with zero attached hydrogens (tertiary/aromatic N) is 2. The van der Waals surface area contributed by atoms with Crippen LogP contribution in [0.4, 0.5) is 11.5 Å². The van der Waals surface area contributed by atoms with Crippen molar-refractivity contribution in [2.75, 3.05) is 5.32 Å². The zero-order chi connectivity index (χ0) is 16.4. The number of para-hydroxylation sites is 1. The van der Waals surface area contributed by atoms with Crippen LogP contribution in [0.2, 0.25) is 0 Å². The van der Waals surface area contributed by atoms with Crippen LogP contribution in [0.1, 0.15) is 11.1 Å². The monoisotopic (exact) mass is 310 g/mol. The Morgan fingerprint density at radius 2 is 2.17 bits per heavy atom. The van der Waals surface area contributed by atoms with Crippen LogP contribution in [-0.2, 0) is 11.2 Å². The molecule has 0 bridgehead atoms. The van der Waals surface area contributed by atoms with E-state index in [-0.39, 0.29) is 18.0 Å². The number of hydrogen-bond donors (Lipinski definition) is 2. The minimum absolute atomic E-state index is 0.0698. The van der Waals surface area contributed by atoms with E-state index in [0.717, 1.165) is 22.7 Å². The number of amides is 1. The molecule has 0 saturated carbocycles. The molecule has 0 atom stereocenters. The highest BCUT2D eigenvalue weighted by molar-refractivity contribution is 5.95. The van der Waals surface area contributed by atoms with Crippen molar-refractivity contribution in [2.45, 2.75) is 13.3 Å². The molecule has 2 heterocycles. The molecule has 23 heavy (non-hydrogen) atoms. The van der Waals surface area contributed by atoms with Gasteiger partial charge in [0.1, 0.15) is 12.0 Å². The summed E-state index contributed by atoms with van der Waals surface area (Å²) in [5.41, 5.74) is 2.24. The van der Waals surface area contributed by atoms with Crippen molar-refractivity contribution >= 4 is 28.3 Å². The summed E-state index contributed by atoms with van der Waals surface area (Å²) in [5.74, 6) is 0.0773. The minimum Gasteiger partial charge on any atom is -0.361 e. The van der Waals surface area contributed by atoms with Gasteiger partial charge in [-0.05, 0) is 24.6 Å². The van der Waals surface area contributed by atoms with Gasteiger partial charge in [-0.15, -0.1) is 0 Å². The Morgan fingerprint density at radius 1 is 1.39 bits per heavy atom.